The van der Waals surface area contributed by atoms with Crippen molar-refractivity contribution in [2.75, 3.05) is 18.4 Å². The van der Waals surface area contributed by atoms with Crippen molar-refractivity contribution in [3.63, 3.8) is 0 Å². The van der Waals surface area contributed by atoms with E-state index in [1.54, 1.807) is 45.0 Å². The van der Waals surface area contributed by atoms with Crippen molar-refractivity contribution in [2.24, 2.45) is 0 Å². The molecule has 0 bridgehead atoms. The molecule has 3 rings (SSSR count). The van der Waals surface area contributed by atoms with Gasteiger partial charge in [-0.2, -0.15) is 0 Å². The van der Waals surface area contributed by atoms with Crippen molar-refractivity contribution in [3.8, 4) is 0 Å². The molecule has 1 heterocycles. The van der Waals surface area contributed by atoms with Crippen molar-refractivity contribution in [3.05, 3.63) is 65.7 Å². The van der Waals surface area contributed by atoms with Crippen LogP contribution in [0.1, 0.15) is 38.0 Å². The van der Waals surface area contributed by atoms with Crippen LogP contribution in [0.3, 0.4) is 0 Å². The summed E-state index contributed by atoms with van der Waals surface area (Å²) in [4.78, 5) is 37.3. The summed E-state index contributed by atoms with van der Waals surface area (Å²) < 4.78 is 5.54. The number of aliphatic hydroxyl groups excluding tert-OH is 1. The number of imide groups is 1. The third kappa shape index (κ3) is 7.50. The first kappa shape index (κ1) is 24.6. The Kier molecular flexibility index (Phi) is 7.99. The monoisotopic (exact) mass is 471 g/mol. The van der Waals surface area contributed by atoms with Crippen molar-refractivity contribution < 1.29 is 24.2 Å². The number of ether oxygens (including phenoxy) is 1. The largest absolute Gasteiger partial charge is 0.444 e. The van der Waals surface area contributed by atoms with E-state index in [0.717, 1.165) is 17.3 Å². The normalized spacial score (nSPS) is 16.8. The Morgan fingerprint density at radius 2 is 1.82 bits per heavy atom. The number of nitrogens with zero attached hydrogens (tertiary/aromatic N) is 1. The summed E-state index contributed by atoms with van der Waals surface area (Å²) >= 11 is 0.880. The molecule has 9 heteroatoms. The van der Waals surface area contributed by atoms with Gasteiger partial charge < -0.3 is 20.1 Å². The highest BCUT2D eigenvalue weighted by atomic mass is 32.2. The number of amides is 3. The molecule has 1 aliphatic rings. The summed E-state index contributed by atoms with van der Waals surface area (Å²) in [6, 6.07) is 16.7. The second-order valence-electron chi connectivity index (χ2n) is 8.72. The number of thioether (sulfide) groups is 1. The van der Waals surface area contributed by atoms with Crippen LogP contribution in [0, 0.1) is 0 Å². The van der Waals surface area contributed by atoms with Gasteiger partial charge in [-0.1, -0.05) is 42.5 Å². The maximum atomic E-state index is 12.8. The van der Waals surface area contributed by atoms with Crippen molar-refractivity contribution >= 4 is 34.7 Å². The predicted molar refractivity (Wildman–Crippen MR) is 128 cm³/mol. The molecule has 33 heavy (non-hydrogen) atoms. The molecule has 3 N–H and O–H groups in total. The summed E-state index contributed by atoms with van der Waals surface area (Å²) in [6.45, 7) is 5.89. The maximum Gasteiger partial charge on any atom is 0.410 e. The van der Waals surface area contributed by atoms with Crippen molar-refractivity contribution in [2.45, 2.75) is 44.3 Å². The number of hydrogen-bond acceptors (Lipinski definition) is 7. The predicted octanol–water partition coefficient (Wildman–Crippen LogP) is 3.92. The highest BCUT2D eigenvalue weighted by molar-refractivity contribution is 8.15. The molecule has 2 atom stereocenters. The van der Waals surface area contributed by atoms with Gasteiger partial charge in [-0.25, -0.2) is 4.79 Å². The van der Waals surface area contributed by atoms with Crippen molar-refractivity contribution in [1.82, 2.24) is 10.2 Å². The van der Waals surface area contributed by atoms with E-state index in [1.807, 2.05) is 30.3 Å². The minimum Gasteiger partial charge on any atom is -0.444 e. The molecule has 2 aromatic carbocycles. The number of benzene rings is 2. The topological polar surface area (TPSA) is 108 Å². The Labute approximate surface area is 197 Å². The van der Waals surface area contributed by atoms with E-state index in [1.165, 1.54) is 4.90 Å². The van der Waals surface area contributed by atoms with E-state index in [0.29, 0.717) is 24.2 Å². The molecule has 176 valence electrons. The zero-order valence-corrected chi connectivity index (χ0v) is 19.7. The Balaban J connectivity index is 1.64. The zero-order valence-electron chi connectivity index (χ0n) is 18.9. The minimum absolute atomic E-state index is 0.0733. The van der Waals surface area contributed by atoms with E-state index in [9.17, 15) is 19.5 Å². The maximum absolute atomic E-state index is 12.8. The first-order valence-corrected chi connectivity index (χ1v) is 11.6. The molecular formula is C24H29N3O5S. The summed E-state index contributed by atoms with van der Waals surface area (Å²) in [5.74, 6) is -0.388. The van der Waals surface area contributed by atoms with E-state index >= 15 is 0 Å². The number of hydrogen-bond donors (Lipinski definition) is 3. The second-order valence-corrected chi connectivity index (χ2v) is 9.80. The van der Waals surface area contributed by atoms with Crippen LogP contribution in [0.5, 0.6) is 0 Å². The van der Waals surface area contributed by atoms with Gasteiger partial charge >= 0.3 is 6.09 Å². The van der Waals surface area contributed by atoms with Gasteiger partial charge in [0.05, 0.1) is 12.6 Å². The third-order valence-corrected chi connectivity index (χ3v) is 5.72. The third-order valence-electron chi connectivity index (χ3n) is 4.84. The first-order chi connectivity index (χ1) is 15.6. The molecule has 0 aromatic heterocycles. The van der Waals surface area contributed by atoms with E-state index in [-0.39, 0.29) is 17.7 Å². The molecular weight excluding hydrogens is 442 g/mol. The molecule has 0 spiro atoms. The number of carbonyl (C=O) groups excluding carboxylic acids is 3. The average Bonchev–Trinajstić information content (AvgIpc) is 3.07. The standard InChI is InChI=1S/C24H29N3O5S/c1-24(2,3)32-23(31)27(14-13-16-7-5-4-6-8-16)15-19(28)17-9-11-18(12-10-17)25-21-20(29)26-22(30)33-21/h4-12,19,21,25,28H,13-15H2,1-3H3,(H,26,29,30)/t19-,21?/m0/s1. The lowest BCUT2D eigenvalue weighted by Crippen LogP contribution is -2.40. The molecule has 1 fully saturated rings. The summed E-state index contributed by atoms with van der Waals surface area (Å²) in [5.41, 5.74) is 1.70. The Bertz CT molecular complexity index is 976. The molecule has 2 aromatic rings. The fourth-order valence-electron chi connectivity index (χ4n) is 3.21. The number of nitrogens with one attached hydrogen (secondary N) is 2. The van der Waals surface area contributed by atoms with Crippen LogP contribution in [-0.4, -0.2) is 51.3 Å². The van der Waals surface area contributed by atoms with E-state index < -0.39 is 23.2 Å². The minimum atomic E-state index is -0.923. The van der Waals surface area contributed by atoms with Crippen LogP contribution < -0.4 is 10.6 Å². The zero-order chi connectivity index (χ0) is 24.0. The van der Waals surface area contributed by atoms with Gasteiger partial charge in [0.1, 0.15) is 5.60 Å². The van der Waals surface area contributed by atoms with Crippen LogP contribution in [0.25, 0.3) is 0 Å². The van der Waals surface area contributed by atoms with Gasteiger partial charge in [0.25, 0.3) is 11.1 Å². The van der Waals surface area contributed by atoms with Gasteiger partial charge in [0, 0.05) is 12.2 Å². The SMILES string of the molecule is CC(C)(C)OC(=O)N(CCc1ccccc1)C[C@H](O)c1ccc(NC2SC(=O)NC2=O)cc1. The first-order valence-electron chi connectivity index (χ1n) is 10.7. The van der Waals surface area contributed by atoms with E-state index in [2.05, 4.69) is 10.6 Å². The molecule has 1 saturated heterocycles. The Hall–Kier alpha value is -3.04. The van der Waals surface area contributed by atoms with Crippen LogP contribution in [-0.2, 0) is 16.0 Å². The second kappa shape index (κ2) is 10.7. The number of rotatable bonds is 8. The highest BCUT2D eigenvalue weighted by Crippen LogP contribution is 2.24. The Morgan fingerprint density at radius 1 is 1.15 bits per heavy atom. The molecule has 0 aliphatic carbocycles. The van der Waals surface area contributed by atoms with Gasteiger partial charge in [0.15, 0.2) is 5.37 Å². The summed E-state index contributed by atoms with van der Waals surface area (Å²) in [7, 11) is 0. The summed E-state index contributed by atoms with van der Waals surface area (Å²) in [5, 5.41) is 14.9. The van der Waals surface area contributed by atoms with Gasteiger partial charge in [-0.3, -0.25) is 14.9 Å². The molecule has 0 radical (unpaired) electrons. The quantitative estimate of drug-likeness (QED) is 0.535. The van der Waals surface area contributed by atoms with Crippen LogP contribution in [0.15, 0.2) is 54.6 Å². The molecule has 0 saturated carbocycles. The lowest BCUT2D eigenvalue weighted by atomic mass is 10.1. The molecule has 1 aliphatic heterocycles. The highest BCUT2D eigenvalue weighted by Gasteiger charge is 2.31. The van der Waals surface area contributed by atoms with Crippen LogP contribution in [0.4, 0.5) is 15.3 Å². The average molecular weight is 472 g/mol. The number of carbonyl (C=O) groups is 3. The van der Waals surface area contributed by atoms with Gasteiger partial charge in [-0.15, -0.1) is 0 Å². The van der Waals surface area contributed by atoms with Crippen LogP contribution >= 0.6 is 11.8 Å². The lowest BCUT2D eigenvalue weighted by Gasteiger charge is -2.29. The smallest absolute Gasteiger partial charge is 0.410 e. The lowest BCUT2D eigenvalue weighted by molar-refractivity contribution is -0.118. The molecule has 1 unspecified atom stereocenters. The van der Waals surface area contributed by atoms with Gasteiger partial charge in [-0.05, 0) is 62.2 Å². The number of aliphatic hydroxyl groups is 1. The Morgan fingerprint density at radius 3 is 2.39 bits per heavy atom. The van der Waals surface area contributed by atoms with Gasteiger partial charge in [0.2, 0.25) is 0 Å². The molecule has 3 amide bonds. The van der Waals surface area contributed by atoms with E-state index in [4.69, 9.17) is 4.74 Å². The summed E-state index contributed by atoms with van der Waals surface area (Å²) in [6.07, 6.45) is -0.770. The number of anilines is 1. The fourth-order valence-corrected chi connectivity index (χ4v) is 3.95. The van der Waals surface area contributed by atoms with Crippen molar-refractivity contribution in [1.29, 1.82) is 0 Å². The van der Waals surface area contributed by atoms with Crippen LogP contribution in [0.2, 0.25) is 0 Å². The fraction of sp³-hybridized carbons (Fsp3) is 0.375. The molecule has 8 nitrogen and oxygen atoms in total.